The van der Waals surface area contributed by atoms with Gasteiger partial charge in [0.25, 0.3) is 5.91 Å². The van der Waals surface area contributed by atoms with E-state index >= 15 is 0 Å². The topological polar surface area (TPSA) is 49.4 Å². The third-order valence-corrected chi connectivity index (χ3v) is 5.01. The first-order chi connectivity index (χ1) is 11.0. The van der Waals surface area contributed by atoms with E-state index in [0.29, 0.717) is 12.1 Å². The van der Waals surface area contributed by atoms with Crippen LogP contribution in [0.1, 0.15) is 62.7 Å². The van der Waals surface area contributed by atoms with Gasteiger partial charge < -0.3 is 10.2 Å². The molecule has 4 nitrogen and oxygen atoms in total. The lowest BCUT2D eigenvalue weighted by Gasteiger charge is -2.36. The zero-order valence-corrected chi connectivity index (χ0v) is 14.0. The van der Waals surface area contributed by atoms with Crippen LogP contribution in [0.5, 0.6) is 0 Å². The molecule has 0 unspecified atom stereocenters. The Labute approximate surface area is 138 Å². The van der Waals surface area contributed by atoms with E-state index in [1.165, 1.54) is 19.8 Å². The molecule has 23 heavy (non-hydrogen) atoms. The van der Waals surface area contributed by atoms with Crippen LogP contribution < -0.4 is 5.32 Å². The summed E-state index contributed by atoms with van der Waals surface area (Å²) < 4.78 is 0. The Morgan fingerprint density at radius 3 is 1.96 bits per heavy atom. The van der Waals surface area contributed by atoms with E-state index in [1.807, 2.05) is 24.3 Å². The quantitative estimate of drug-likeness (QED) is 0.918. The van der Waals surface area contributed by atoms with Crippen LogP contribution in [0.2, 0.25) is 0 Å². The molecule has 2 aliphatic rings. The average molecular weight is 314 g/mol. The average Bonchev–Trinajstić information content (AvgIpc) is 3.34. The molecule has 0 saturated heterocycles. The predicted molar refractivity (Wildman–Crippen MR) is 91.4 cm³/mol. The monoisotopic (exact) mass is 314 g/mol. The fourth-order valence-corrected chi connectivity index (χ4v) is 3.55. The Morgan fingerprint density at radius 2 is 1.48 bits per heavy atom. The van der Waals surface area contributed by atoms with Gasteiger partial charge in [0.2, 0.25) is 5.91 Å². The smallest absolute Gasteiger partial charge is 0.254 e. The Balaban J connectivity index is 1.72. The van der Waals surface area contributed by atoms with Crippen molar-refractivity contribution in [3.05, 3.63) is 29.8 Å². The van der Waals surface area contributed by atoms with E-state index in [9.17, 15) is 9.59 Å². The number of carbonyl (C=O) groups excluding carboxylic acids is 2. The fraction of sp³-hybridized carbons (Fsp3) is 0.579. The second-order valence-electron chi connectivity index (χ2n) is 7.12. The van der Waals surface area contributed by atoms with Crippen molar-refractivity contribution >= 4 is 17.5 Å². The van der Waals surface area contributed by atoms with E-state index in [4.69, 9.17) is 0 Å². The number of nitrogens with zero attached hydrogens (tertiary/aromatic N) is 1. The SMILES string of the molecule is CC(=O)Nc1ccc(C(=O)N(C2CCC(C)CC2)C2CC2)cc1. The molecule has 1 N–H and O–H groups in total. The second-order valence-corrected chi connectivity index (χ2v) is 7.12. The molecule has 1 aromatic rings. The van der Waals surface area contributed by atoms with Gasteiger partial charge in [-0.15, -0.1) is 0 Å². The first-order valence-corrected chi connectivity index (χ1v) is 8.75. The molecule has 2 amide bonds. The van der Waals surface area contributed by atoms with Gasteiger partial charge in [0.1, 0.15) is 0 Å². The number of anilines is 1. The van der Waals surface area contributed by atoms with Crippen molar-refractivity contribution in [1.29, 1.82) is 0 Å². The number of benzene rings is 1. The van der Waals surface area contributed by atoms with Gasteiger partial charge in [0.05, 0.1) is 0 Å². The molecule has 2 aliphatic carbocycles. The van der Waals surface area contributed by atoms with E-state index < -0.39 is 0 Å². The minimum absolute atomic E-state index is 0.0972. The van der Waals surface area contributed by atoms with E-state index in [2.05, 4.69) is 17.1 Å². The van der Waals surface area contributed by atoms with Gasteiger partial charge in [-0.1, -0.05) is 6.92 Å². The van der Waals surface area contributed by atoms with Crippen LogP contribution in [-0.2, 0) is 4.79 Å². The molecule has 0 aromatic heterocycles. The van der Waals surface area contributed by atoms with Crippen molar-refractivity contribution in [1.82, 2.24) is 4.90 Å². The summed E-state index contributed by atoms with van der Waals surface area (Å²) in [5.41, 5.74) is 1.46. The molecule has 0 heterocycles. The van der Waals surface area contributed by atoms with Gasteiger partial charge in [-0.3, -0.25) is 9.59 Å². The molecule has 2 saturated carbocycles. The van der Waals surface area contributed by atoms with Gasteiger partial charge in [-0.05, 0) is 68.7 Å². The molecule has 4 heteroatoms. The number of hydrogen-bond donors (Lipinski definition) is 1. The third-order valence-electron chi connectivity index (χ3n) is 5.01. The van der Waals surface area contributed by atoms with Gasteiger partial charge in [-0.25, -0.2) is 0 Å². The largest absolute Gasteiger partial charge is 0.333 e. The summed E-state index contributed by atoms with van der Waals surface area (Å²) in [6.45, 7) is 3.79. The highest BCUT2D eigenvalue weighted by molar-refractivity contribution is 5.96. The van der Waals surface area contributed by atoms with E-state index in [0.717, 1.165) is 42.9 Å². The zero-order chi connectivity index (χ0) is 16.4. The number of carbonyl (C=O) groups is 2. The van der Waals surface area contributed by atoms with Crippen LogP contribution in [0.3, 0.4) is 0 Å². The molecule has 0 radical (unpaired) electrons. The lowest BCUT2D eigenvalue weighted by atomic mass is 9.86. The van der Waals surface area contributed by atoms with Crippen LogP contribution in [0.15, 0.2) is 24.3 Å². The summed E-state index contributed by atoms with van der Waals surface area (Å²) in [5, 5.41) is 2.74. The molecule has 1 aromatic carbocycles. The summed E-state index contributed by atoms with van der Waals surface area (Å²) in [6.07, 6.45) is 7.00. The lowest BCUT2D eigenvalue weighted by molar-refractivity contribution is -0.114. The molecule has 0 atom stereocenters. The fourth-order valence-electron chi connectivity index (χ4n) is 3.55. The van der Waals surface area contributed by atoms with E-state index in [1.54, 1.807) is 0 Å². The molecule has 0 spiro atoms. The summed E-state index contributed by atoms with van der Waals surface area (Å²) >= 11 is 0. The van der Waals surface area contributed by atoms with Crippen LogP contribution in [-0.4, -0.2) is 28.8 Å². The highest BCUT2D eigenvalue weighted by Crippen LogP contribution is 2.36. The van der Waals surface area contributed by atoms with Crippen LogP contribution in [0.25, 0.3) is 0 Å². The Morgan fingerprint density at radius 1 is 0.957 bits per heavy atom. The van der Waals surface area contributed by atoms with Gasteiger partial charge in [-0.2, -0.15) is 0 Å². The normalized spacial score (nSPS) is 24.1. The van der Waals surface area contributed by atoms with Crippen molar-refractivity contribution < 1.29 is 9.59 Å². The number of hydrogen-bond acceptors (Lipinski definition) is 2. The van der Waals surface area contributed by atoms with Crippen LogP contribution in [0, 0.1) is 5.92 Å². The maximum absolute atomic E-state index is 13.0. The zero-order valence-electron chi connectivity index (χ0n) is 14.0. The van der Waals surface area contributed by atoms with Crippen LogP contribution >= 0.6 is 0 Å². The minimum atomic E-state index is -0.0972. The van der Waals surface area contributed by atoms with Gasteiger partial charge >= 0.3 is 0 Å². The van der Waals surface area contributed by atoms with Crippen molar-refractivity contribution in [3.63, 3.8) is 0 Å². The Hall–Kier alpha value is -1.84. The summed E-state index contributed by atoms with van der Waals surface area (Å²) in [5.74, 6) is 0.848. The molecule has 0 aliphatic heterocycles. The summed E-state index contributed by atoms with van der Waals surface area (Å²) in [6, 6.07) is 8.12. The van der Waals surface area contributed by atoms with Gasteiger partial charge in [0.15, 0.2) is 0 Å². The van der Waals surface area contributed by atoms with Crippen molar-refractivity contribution in [2.45, 2.75) is 64.5 Å². The van der Waals surface area contributed by atoms with E-state index in [-0.39, 0.29) is 11.8 Å². The predicted octanol–water partition coefficient (Wildman–Crippen LogP) is 3.83. The van der Waals surface area contributed by atoms with Gasteiger partial charge in [0, 0.05) is 30.3 Å². The summed E-state index contributed by atoms with van der Waals surface area (Å²) in [4.78, 5) is 26.2. The first kappa shape index (κ1) is 16.0. The third kappa shape index (κ3) is 3.92. The Kier molecular flexibility index (Phi) is 4.69. The lowest BCUT2D eigenvalue weighted by Crippen LogP contribution is -2.43. The Bertz CT molecular complexity index is 570. The summed E-state index contributed by atoms with van der Waals surface area (Å²) in [7, 11) is 0. The molecular weight excluding hydrogens is 288 g/mol. The number of amides is 2. The highest BCUT2D eigenvalue weighted by Gasteiger charge is 2.38. The van der Waals surface area contributed by atoms with Crippen molar-refractivity contribution in [2.24, 2.45) is 5.92 Å². The molecule has 124 valence electrons. The second kappa shape index (κ2) is 6.73. The number of nitrogens with one attached hydrogen (secondary N) is 1. The maximum atomic E-state index is 13.0. The standard InChI is InChI=1S/C19H26N2O2/c1-13-3-9-17(10-4-13)21(18-11-12-18)19(23)15-5-7-16(8-6-15)20-14(2)22/h5-8,13,17-18H,3-4,9-12H2,1-2H3,(H,20,22). The van der Waals surface area contributed by atoms with Crippen molar-refractivity contribution in [2.75, 3.05) is 5.32 Å². The molecular formula is C19H26N2O2. The molecule has 0 bridgehead atoms. The number of rotatable bonds is 4. The molecule has 3 rings (SSSR count). The van der Waals surface area contributed by atoms with Crippen LogP contribution in [0.4, 0.5) is 5.69 Å². The van der Waals surface area contributed by atoms with Crippen molar-refractivity contribution in [3.8, 4) is 0 Å². The highest BCUT2D eigenvalue weighted by atomic mass is 16.2. The molecule has 2 fully saturated rings. The minimum Gasteiger partial charge on any atom is -0.333 e. The first-order valence-electron chi connectivity index (χ1n) is 8.75. The maximum Gasteiger partial charge on any atom is 0.254 e.